The van der Waals surface area contributed by atoms with Gasteiger partial charge in [0, 0.05) is 26.2 Å². The highest BCUT2D eigenvalue weighted by Crippen LogP contribution is 2.26. The van der Waals surface area contributed by atoms with E-state index in [4.69, 9.17) is 4.74 Å². The highest BCUT2D eigenvalue weighted by Gasteiger charge is 2.17. The van der Waals surface area contributed by atoms with Crippen LogP contribution in [0.25, 0.3) is 0 Å². The molecule has 0 radical (unpaired) electrons. The Morgan fingerprint density at radius 2 is 1.72 bits per heavy atom. The first-order valence-electron chi connectivity index (χ1n) is 9.67. The van der Waals surface area contributed by atoms with E-state index in [0.29, 0.717) is 25.4 Å². The zero-order valence-corrected chi connectivity index (χ0v) is 16.9. The highest BCUT2D eigenvalue weighted by atomic mass is 16.5. The molecule has 0 atom stereocenters. The zero-order valence-electron chi connectivity index (χ0n) is 16.9. The molecule has 1 aliphatic rings. The summed E-state index contributed by atoms with van der Waals surface area (Å²) in [6, 6.07) is 12.5. The summed E-state index contributed by atoms with van der Waals surface area (Å²) in [6.45, 7) is 4.10. The third kappa shape index (κ3) is 5.75. The standard InChI is InChI=1S/C21H27N5O3/c1-25(2)11-10-22-20(27)17-7-5-8-18(23-17)21(28)24-16-6-3-4-9-19(16)26-12-14-29-15-13-26/h3-9H,10-15H2,1-2H3,(H,22,27)(H,24,28). The molecular formula is C21H27N5O3. The van der Waals surface area contributed by atoms with Crippen LogP contribution < -0.4 is 15.5 Å². The predicted molar refractivity (Wildman–Crippen MR) is 113 cm³/mol. The molecule has 1 saturated heterocycles. The summed E-state index contributed by atoms with van der Waals surface area (Å²) in [6.07, 6.45) is 0. The number of rotatable bonds is 7. The summed E-state index contributed by atoms with van der Waals surface area (Å²) < 4.78 is 5.41. The topological polar surface area (TPSA) is 86.8 Å². The van der Waals surface area contributed by atoms with Crippen LogP contribution in [0, 0.1) is 0 Å². The molecule has 1 aliphatic heterocycles. The molecule has 29 heavy (non-hydrogen) atoms. The molecule has 1 aromatic carbocycles. The Morgan fingerprint density at radius 1 is 1.03 bits per heavy atom. The minimum atomic E-state index is -0.353. The maximum absolute atomic E-state index is 12.8. The van der Waals surface area contributed by atoms with Gasteiger partial charge in [-0.05, 0) is 38.4 Å². The maximum atomic E-state index is 12.8. The van der Waals surface area contributed by atoms with Crippen molar-refractivity contribution in [3.8, 4) is 0 Å². The molecule has 8 heteroatoms. The van der Waals surface area contributed by atoms with Gasteiger partial charge in [-0.2, -0.15) is 0 Å². The molecule has 2 aromatic rings. The number of amides is 2. The SMILES string of the molecule is CN(C)CCNC(=O)c1cccc(C(=O)Nc2ccccc2N2CCOCC2)n1. The van der Waals surface area contributed by atoms with E-state index in [1.807, 2.05) is 43.3 Å². The molecule has 1 fully saturated rings. The van der Waals surface area contributed by atoms with Gasteiger partial charge in [0.05, 0.1) is 24.6 Å². The molecule has 2 amide bonds. The smallest absolute Gasteiger partial charge is 0.274 e. The fourth-order valence-electron chi connectivity index (χ4n) is 3.02. The first-order valence-corrected chi connectivity index (χ1v) is 9.67. The van der Waals surface area contributed by atoms with Gasteiger partial charge in [-0.3, -0.25) is 9.59 Å². The van der Waals surface area contributed by atoms with Gasteiger partial charge >= 0.3 is 0 Å². The summed E-state index contributed by atoms with van der Waals surface area (Å²) in [5, 5.41) is 5.73. The van der Waals surface area contributed by atoms with Gasteiger partial charge < -0.3 is 25.2 Å². The Morgan fingerprint density at radius 3 is 2.45 bits per heavy atom. The number of carbonyl (C=O) groups is 2. The van der Waals surface area contributed by atoms with Crippen molar-refractivity contribution in [2.75, 3.05) is 63.7 Å². The third-order valence-corrected chi connectivity index (χ3v) is 4.56. The van der Waals surface area contributed by atoms with Gasteiger partial charge in [-0.15, -0.1) is 0 Å². The van der Waals surface area contributed by atoms with Crippen LogP contribution in [0.15, 0.2) is 42.5 Å². The van der Waals surface area contributed by atoms with Crippen LogP contribution in [0.3, 0.4) is 0 Å². The number of nitrogens with zero attached hydrogens (tertiary/aromatic N) is 3. The molecule has 2 heterocycles. The number of carbonyl (C=O) groups excluding carboxylic acids is 2. The van der Waals surface area contributed by atoms with Crippen LogP contribution in [0.5, 0.6) is 0 Å². The Hall–Kier alpha value is -2.97. The number of pyridine rings is 1. The molecule has 0 bridgehead atoms. The van der Waals surface area contributed by atoms with Gasteiger partial charge in [0.1, 0.15) is 11.4 Å². The lowest BCUT2D eigenvalue weighted by Gasteiger charge is -2.30. The minimum Gasteiger partial charge on any atom is -0.378 e. The summed E-state index contributed by atoms with van der Waals surface area (Å²) >= 11 is 0. The van der Waals surface area contributed by atoms with Crippen molar-refractivity contribution < 1.29 is 14.3 Å². The van der Waals surface area contributed by atoms with Crippen LogP contribution in [-0.4, -0.2) is 75.2 Å². The number of benzene rings is 1. The summed E-state index contributed by atoms with van der Waals surface area (Å²) in [5.41, 5.74) is 2.07. The van der Waals surface area contributed by atoms with Crippen LogP contribution in [0.1, 0.15) is 21.0 Å². The van der Waals surface area contributed by atoms with Gasteiger partial charge in [-0.1, -0.05) is 18.2 Å². The van der Waals surface area contributed by atoms with E-state index in [1.54, 1.807) is 18.2 Å². The van der Waals surface area contributed by atoms with Crippen molar-refractivity contribution >= 4 is 23.2 Å². The molecule has 0 unspecified atom stereocenters. The van der Waals surface area contributed by atoms with Crippen LogP contribution in [-0.2, 0) is 4.74 Å². The van der Waals surface area contributed by atoms with Gasteiger partial charge in [0.15, 0.2) is 0 Å². The Balaban J connectivity index is 1.69. The number of morpholine rings is 1. The molecule has 8 nitrogen and oxygen atoms in total. The third-order valence-electron chi connectivity index (χ3n) is 4.56. The van der Waals surface area contributed by atoms with Crippen molar-refractivity contribution in [2.24, 2.45) is 0 Å². The lowest BCUT2D eigenvalue weighted by atomic mass is 10.2. The quantitative estimate of drug-likeness (QED) is 0.736. The van der Waals surface area contributed by atoms with Crippen LogP contribution in [0.2, 0.25) is 0 Å². The second kappa shape index (κ2) is 9.99. The van der Waals surface area contributed by atoms with Gasteiger partial charge in [0.2, 0.25) is 0 Å². The molecule has 1 aromatic heterocycles. The number of hydrogen-bond donors (Lipinski definition) is 2. The summed E-state index contributed by atoms with van der Waals surface area (Å²) in [5.74, 6) is -0.649. The Kier molecular flexibility index (Phi) is 7.15. The number of anilines is 2. The lowest BCUT2D eigenvalue weighted by Crippen LogP contribution is -2.36. The molecular weight excluding hydrogens is 370 g/mol. The molecule has 0 saturated carbocycles. The molecule has 0 spiro atoms. The van der Waals surface area contributed by atoms with Crippen molar-refractivity contribution in [1.29, 1.82) is 0 Å². The van der Waals surface area contributed by atoms with Gasteiger partial charge in [-0.25, -0.2) is 4.98 Å². The average Bonchev–Trinajstić information content (AvgIpc) is 2.74. The van der Waals surface area contributed by atoms with E-state index in [1.165, 1.54) is 0 Å². The lowest BCUT2D eigenvalue weighted by molar-refractivity contribution is 0.0946. The van der Waals surface area contributed by atoms with E-state index in [-0.39, 0.29) is 23.2 Å². The van der Waals surface area contributed by atoms with E-state index in [2.05, 4.69) is 20.5 Å². The highest BCUT2D eigenvalue weighted by molar-refractivity contribution is 6.05. The fraction of sp³-hybridized carbons (Fsp3) is 0.381. The molecule has 3 rings (SSSR count). The maximum Gasteiger partial charge on any atom is 0.274 e. The monoisotopic (exact) mass is 397 g/mol. The fourth-order valence-corrected chi connectivity index (χ4v) is 3.02. The first kappa shape index (κ1) is 20.8. The second-order valence-electron chi connectivity index (χ2n) is 7.04. The number of nitrogens with one attached hydrogen (secondary N) is 2. The van der Waals surface area contributed by atoms with Crippen LogP contribution >= 0.6 is 0 Å². The first-order chi connectivity index (χ1) is 14.0. The van der Waals surface area contributed by atoms with Crippen molar-refractivity contribution in [3.05, 3.63) is 53.9 Å². The molecule has 154 valence electrons. The van der Waals surface area contributed by atoms with Crippen molar-refractivity contribution in [3.63, 3.8) is 0 Å². The Labute approximate surface area is 170 Å². The molecule has 0 aliphatic carbocycles. The average molecular weight is 397 g/mol. The zero-order chi connectivity index (χ0) is 20.6. The normalized spacial score (nSPS) is 14.0. The van der Waals surface area contributed by atoms with E-state index < -0.39 is 0 Å². The number of hydrogen-bond acceptors (Lipinski definition) is 6. The summed E-state index contributed by atoms with van der Waals surface area (Å²) in [4.78, 5) is 33.4. The van der Waals surface area contributed by atoms with Crippen molar-refractivity contribution in [1.82, 2.24) is 15.2 Å². The number of aromatic nitrogens is 1. The van der Waals surface area contributed by atoms with E-state index in [9.17, 15) is 9.59 Å². The number of ether oxygens (including phenoxy) is 1. The van der Waals surface area contributed by atoms with Gasteiger partial charge in [0.25, 0.3) is 11.8 Å². The largest absolute Gasteiger partial charge is 0.378 e. The Bertz CT molecular complexity index is 850. The summed E-state index contributed by atoms with van der Waals surface area (Å²) in [7, 11) is 3.87. The van der Waals surface area contributed by atoms with E-state index >= 15 is 0 Å². The number of likely N-dealkylation sites (N-methyl/N-ethyl adjacent to an activating group) is 1. The van der Waals surface area contributed by atoms with Crippen molar-refractivity contribution in [2.45, 2.75) is 0 Å². The second-order valence-corrected chi connectivity index (χ2v) is 7.04. The predicted octanol–water partition coefficient (Wildman–Crippen LogP) is 1.46. The van der Waals surface area contributed by atoms with E-state index in [0.717, 1.165) is 25.3 Å². The number of para-hydroxylation sites is 2. The molecule has 2 N–H and O–H groups in total. The van der Waals surface area contributed by atoms with Crippen LogP contribution in [0.4, 0.5) is 11.4 Å². The minimum absolute atomic E-state index is 0.196.